The predicted octanol–water partition coefficient (Wildman–Crippen LogP) is 6.09. The summed E-state index contributed by atoms with van der Waals surface area (Å²) in [5.41, 5.74) is 3.26. The van der Waals surface area contributed by atoms with Crippen molar-refractivity contribution in [2.24, 2.45) is 0 Å². The zero-order valence-corrected chi connectivity index (χ0v) is 18.5. The molecule has 0 spiro atoms. The van der Waals surface area contributed by atoms with E-state index < -0.39 is 5.82 Å². The van der Waals surface area contributed by atoms with Crippen LogP contribution in [-0.2, 0) is 0 Å². The quantitative estimate of drug-likeness (QED) is 0.365. The Morgan fingerprint density at radius 3 is 2.21 bits per heavy atom. The van der Waals surface area contributed by atoms with Crippen LogP contribution in [-0.4, -0.2) is 17.0 Å². The fraction of sp³-hybridized carbons (Fsp3) is 0.111. The first-order valence-electron chi connectivity index (χ1n) is 10.5. The van der Waals surface area contributed by atoms with Crippen LogP contribution in [0.3, 0.4) is 0 Å². The smallest absolute Gasteiger partial charge is 0.269 e. The molecule has 0 aliphatic carbocycles. The van der Waals surface area contributed by atoms with E-state index in [0.29, 0.717) is 18.7 Å². The number of hydrogen-bond acceptors (Lipinski definition) is 2. The Hall–Kier alpha value is -3.88. The lowest BCUT2D eigenvalue weighted by molar-refractivity contribution is 0.0946. The van der Waals surface area contributed by atoms with Crippen LogP contribution >= 0.6 is 11.6 Å². The second-order valence-electron chi connectivity index (χ2n) is 7.58. The summed E-state index contributed by atoms with van der Waals surface area (Å²) in [4.78, 5) is 13.1. The van der Waals surface area contributed by atoms with Gasteiger partial charge in [0.15, 0.2) is 0 Å². The predicted molar refractivity (Wildman–Crippen MR) is 127 cm³/mol. The second-order valence-corrected chi connectivity index (χ2v) is 7.98. The molecule has 33 heavy (non-hydrogen) atoms. The monoisotopic (exact) mass is 457 g/mol. The third-order valence-corrected chi connectivity index (χ3v) is 5.82. The van der Waals surface area contributed by atoms with Crippen molar-refractivity contribution in [2.45, 2.75) is 12.3 Å². The first-order valence-corrected chi connectivity index (χ1v) is 10.9. The molecule has 0 radical (unpaired) electrons. The zero-order valence-electron chi connectivity index (χ0n) is 17.7. The van der Waals surface area contributed by atoms with Gasteiger partial charge in [-0.25, -0.2) is 4.39 Å². The number of nitriles is 1. The van der Waals surface area contributed by atoms with Gasteiger partial charge < -0.3 is 9.88 Å². The van der Waals surface area contributed by atoms with Gasteiger partial charge in [0, 0.05) is 24.3 Å². The number of benzene rings is 3. The Balaban J connectivity index is 1.54. The molecule has 164 valence electrons. The van der Waals surface area contributed by atoms with Gasteiger partial charge in [-0.05, 0) is 41.8 Å². The Bertz CT molecular complexity index is 1260. The summed E-state index contributed by atoms with van der Waals surface area (Å²) in [5, 5.41) is 12.4. The number of aromatic nitrogens is 1. The average molecular weight is 458 g/mol. The lowest BCUT2D eigenvalue weighted by atomic mass is 9.88. The van der Waals surface area contributed by atoms with Crippen molar-refractivity contribution < 1.29 is 9.18 Å². The number of hydrogen-bond donors (Lipinski definition) is 1. The van der Waals surface area contributed by atoms with E-state index in [-0.39, 0.29) is 28.1 Å². The van der Waals surface area contributed by atoms with Gasteiger partial charge in [-0.3, -0.25) is 4.79 Å². The van der Waals surface area contributed by atoms with Crippen molar-refractivity contribution in [3.8, 4) is 11.8 Å². The van der Waals surface area contributed by atoms with E-state index in [9.17, 15) is 14.4 Å². The molecule has 1 amide bonds. The SMILES string of the molecule is N#Cc1ccn(-c2ccc(F)c(Cl)c2)c1C(=O)NCCC(c1ccccc1)c1ccccc1. The summed E-state index contributed by atoms with van der Waals surface area (Å²) in [5.74, 6) is -0.811. The van der Waals surface area contributed by atoms with Crippen molar-refractivity contribution in [3.05, 3.63) is 124 Å². The maximum Gasteiger partial charge on any atom is 0.269 e. The van der Waals surface area contributed by atoms with Crippen molar-refractivity contribution in [3.63, 3.8) is 0 Å². The highest BCUT2D eigenvalue weighted by Gasteiger charge is 2.20. The largest absolute Gasteiger partial charge is 0.351 e. The van der Waals surface area contributed by atoms with Crippen molar-refractivity contribution >= 4 is 17.5 Å². The molecule has 0 atom stereocenters. The van der Waals surface area contributed by atoms with Gasteiger partial charge in [-0.1, -0.05) is 72.3 Å². The first kappa shape index (κ1) is 22.3. The molecule has 4 rings (SSSR count). The van der Waals surface area contributed by atoms with Crippen LogP contribution in [0.2, 0.25) is 5.02 Å². The number of carbonyl (C=O) groups excluding carboxylic acids is 1. The van der Waals surface area contributed by atoms with E-state index in [1.807, 2.05) is 36.4 Å². The van der Waals surface area contributed by atoms with Crippen molar-refractivity contribution in [2.75, 3.05) is 6.54 Å². The van der Waals surface area contributed by atoms with Crippen LogP contribution in [0.1, 0.15) is 39.5 Å². The molecule has 0 saturated carbocycles. The molecule has 1 N–H and O–H groups in total. The molecule has 1 aromatic heterocycles. The number of nitrogens with zero attached hydrogens (tertiary/aromatic N) is 2. The molecule has 0 fully saturated rings. The Kier molecular flexibility index (Phi) is 6.87. The normalized spacial score (nSPS) is 10.7. The number of rotatable bonds is 7. The summed E-state index contributed by atoms with van der Waals surface area (Å²) in [6.07, 6.45) is 2.29. The molecule has 0 bridgehead atoms. The van der Waals surface area contributed by atoms with E-state index in [2.05, 4.69) is 35.7 Å². The van der Waals surface area contributed by atoms with Gasteiger partial charge in [0.25, 0.3) is 5.91 Å². The highest BCUT2D eigenvalue weighted by atomic mass is 35.5. The van der Waals surface area contributed by atoms with Crippen molar-refractivity contribution in [1.82, 2.24) is 9.88 Å². The summed E-state index contributed by atoms with van der Waals surface area (Å²) in [6.45, 7) is 0.410. The first-order chi connectivity index (χ1) is 16.1. The van der Waals surface area contributed by atoms with Crippen LogP contribution < -0.4 is 5.32 Å². The summed E-state index contributed by atoms with van der Waals surface area (Å²) < 4.78 is 15.1. The Morgan fingerprint density at radius 2 is 1.64 bits per heavy atom. The molecule has 0 aliphatic rings. The molecule has 6 heteroatoms. The summed E-state index contributed by atoms with van der Waals surface area (Å²) >= 11 is 5.92. The lowest BCUT2D eigenvalue weighted by Gasteiger charge is -2.19. The second kappa shape index (κ2) is 10.2. The fourth-order valence-electron chi connectivity index (χ4n) is 3.91. The molecular weight excluding hydrogens is 437 g/mol. The maximum atomic E-state index is 13.6. The molecule has 4 nitrogen and oxygen atoms in total. The molecule has 0 aliphatic heterocycles. The molecule has 0 unspecified atom stereocenters. The lowest BCUT2D eigenvalue weighted by Crippen LogP contribution is -2.28. The number of carbonyl (C=O) groups is 1. The minimum atomic E-state index is -0.549. The Morgan fingerprint density at radius 1 is 1.00 bits per heavy atom. The molecular formula is C27H21ClFN3O. The number of amides is 1. The minimum Gasteiger partial charge on any atom is -0.351 e. The van der Waals surface area contributed by atoms with Crippen molar-refractivity contribution in [1.29, 1.82) is 5.26 Å². The maximum absolute atomic E-state index is 13.6. The zero-order chi connectivity index (χ0) is 23.2. The molecule has 4 aromatic rings. The van der Waals surface area contributed by atoms with Gasteiger partial charge in [0.05, 0.1) is 10.6 Å². The molecule has 1 heterocycles. The van der Waals surface area contributed by atoms with E-state index in [4.69, 9.17) is 11.6 Å². The minimum absolute atomic E-state index is 0.0559. The van der Waals surface area contributed by atoms with Crippen LogP contribution in [0.4, 0.5) is 4.39 Å². The van der Waals surface area contributed by atoms with Gasteiger partial charge in [-0.2, -0.15) is 5.26 Å². The number of nitrogens with one attached hydrogen (secondary N) is 1. The van der Waals surface area contributed by atoms with Gasteiger partial charge in [-0.15, -0.1) is 0 Å². The van der Waals surface area contributed by atoms with E-state index in [1.54, 1.807) is 16.8 Å². The topological polar surface area (TPSA) is 57.8 Å². The standard InChI is InChI=1S/C27H21ClFN3O/c28-24-17-22(11-12-25(24)29)32-16-14-21(18-30)26(32)27(33)31-15-13-23(19-7-3-1-4-8-19)20-9-5-2-6-10-20/h1-12,14,16-17,23H,13,15H2,(H,31,33). The highest BCUT2D eigenvalue weighted by molar-refractivity contribution is 6.30. The van der Waals surface area contributed by atoms with Gasteiger partial charge in [0.2, 0.25) is 0 Å². The third kappa shape index (κ3) is 4.97. The number of halogens is 2. The summed E-state index contributed by atoms with van der Waals surface area (Å²) in [7, 11) is 0. The highest BCUT2D eigenvalue weighted by Crippen LogP contribution is 2.27. The van der Waals surface area contributed by atoms with Gasteiger partial charge in [0.1, 0.15) is 17.6 Å². The van der Waals surface area contributed by atoms with E-state index >= 15 is 0 Å². The fourth-order valence-corrected chi connectivity index (χ4v) is 4.09. The van der Waals surface area contributed by atoms with Crippen LogP contribution in [0, 0.1) is 17.1 Å². The molecule has 3 aromatic carbocycles. The van der Waals surface area contributed by atoms with E-state index in [0.717, 1.165) is 0 Å². The average Bonchev–Trinajstić information content (AvgIpc) is 3.29. The van der Waals surface area contributed by atoms with Crippen LogP contribution in [0.15, 0.2) is 91.1 Å². The van der Waals surface area contributed by atoms with E-state index in [1.165, 1.54) is 29.3 Å². The Labute approximate surface area is 196 Å². The van der Waals surface area contributed by atoms with Crippen LogP contribution in [0.25, 0.3) is 5.69 Å². The van der Waals surface area contributed by atoms with Crippen LogP contribution in [0.5, 0.6) is 0 Å². The summed E-state index contributed by atoms with van der Waals surface area (Å²) in [6, 6.07) is 28.1. The molecule has 0 saturated heterocycles. The van der Waals surface area contributed by atoms with Gasteiger partial charge >= 0.3 is 0 Å². The third-order valence-electron chi connectivity index (χ3n) is 5.53.